The van der Waals surface area contributed by atoms with E-state index in [0.29, 0.717) is 16.7 Å². The number of hydrogen-bond acceptors (Lipinski definition) is 2. The molecule has 2 N–H and O–H groups in total. The first kappa shape index (κ1) is 15.4. The Bertz CT molecular complexity index is 666. The van der Waals surface area contributed by atoms with Gasteiger partial charge in [-0.25, -0.2) is 0 Å². The molecule has 0 aliphatic carbocycles. The fourth-order valence-corrected chi connectivity index (χ4v) is 1.97. The number of hydrogen-bond donors (Lipinski definition) is 1. The number of nitrogens with two attached hydrogens (primary N) is 1. The highest BCUT2D eigenvalue weighted by Gasteiger charge is 2.01. The molecule has 0 aliphatic rings. The van der Waals surface area contributed by atoms with Crippen molar-refractivity contribution in [1.29, 1.82) is 0 Å². The van der Waals surface area contributed by atoms with Crippen LogP contribution in [-0.2, 0) is 11.4 Å². The Morgan fingerprint density at radius 1 is 1.10 bits per heavy atom. The maximum absolute atomic E-state index is 10.6. The van der Waals surface area contributed by atoms with Crippen LogP contribution in [0.2, 0.25) is 10.0 Å². The molecule has 0 atom stereocenters. The van der Waals surface area contributed by atoms with Gasteiger partial charge in [-0.05, 0) is 41.5 Å². The van der Waals surface area contributed by atoms with E-state index in [2.05, 4.69) is 0 Å². The standard InChI is InChI=1S/C16H13Cl2NO2/c17-14-7-3-12(9-15(14)18)10-21-13-5-1-11(2-6-13)4-8-16(19)20/h1-9H,10H2,(H2,19,20). The normalized spacial score (nSPS) is 10.8. The first-order chi connectivity index (χ1) is 10.0. The van der Waals surface area contributed by atoms with Crippen LogP contribution in [0.15, 0.2) is 48.5 Å². The minimum atomic E-state index is -0.477. The molecular weight excluding hydrogens is 309 g/mol. The third kappa shape index (κ3) is 4.81. The minimum Gasteiger partial charge on any atom is -0.489 e. The Hall–Kier alpha value is -1.97. The predicted molar refractivity (Wildman–Crippen MR) is 85.5 cm³/mol. The molecule has 0 fully saturated rings. The van der Waals surface area contributed by atoms with Gasteiger partial charge in [0.1, 0.15) is 12.4 Å². The van der Waals surface area contributed by atoms with Crippen LogP contribution >= 0.6 is 23.2 Å². The van der Waals surface area contributed by atoms with Crippen molar-refractivity contribution in [2.24, 2.45) is 5.73 Å². The summed E-state index contributed by atoms with van der Waals surface area (Å²) < 4.78 is 5.65. The van der Waals surface area contributed by atoms with Gasteiger partial charge in [0.05, 0.1) is 10.0 Å². The van der Waals surface area contributed by atoms with Crippen molar-refractivity contribution in [3.8, 4) is 5.75 Å². The van der Waals surface area contributed by atoms with Crippen molar-refractivity contribution < 1.29 is 9.53 Å². The average molecular weight is 322 g/mol. The van der Waals surface area contributed by atoms with Crippen molar-refractivity contribution in [2.75, 3.05) is 0 Å². The lowest BCUT2D eigenvalue weighted by atomic mass is 10.2. The highest BCUT2D eigenvalue weighted by Crippen LogP contribution is 2.23. The predicted octanol–water partition coefficient (Wildman–Crippen LogP) is 4.07. The summed E-state index contributed by atoms with van der Waals surface area (Å²) in [5.74, 6) is 0.243. The maximum atomic E-state index is 10.6. The van der Waals surface area contributed by atoms with Crippen LogP contribution in [0.1, 0.15) is 11.1 Å². The van der Waals surface area contributed by atoms with Gasteiger partial charge in [0.2, 0.25) is 5.91 Å². The summed E-state index contributed by atoms with van der Waals surface area (Å²) in [5, 5.41) is 1.02. The second-order valence-electron chi connectivity index (χ2n) is 4.34. The molecular formula is C16H13Cl2NO2. The molecule has 5 heteroatoms. The molecule has 0 aliphatic heterocycles. The number of carbonyl (C=O) groups excluding carboxylic acids is 1. The average Bonchev–Trinajstić information content (AvgIpc) is 2.47. The molecule has 2 aromatic carbocycles. The monoisotopic (exact) mass is 321 g/mol. The molecule has 0 saturated heterocycles. The zero-order valence-corrected chi connectivity index (χ0v) is 12.6. The fourth-order valence-electron chi connectivity index (χ4n) is 1.65. The summed E-state index contributed by atoms with van der Waals surface area (Å²) in [4.78, 5) is 10.6. The molecule has 3 nitrogen and oxygen atoms in total. The largest absolute Gasteiger partial charge is 0.489 e. The summed E-state index contributed by atoms with van der Waals surface area (Å²) in [7, 11) is 0. The lowest BCUT2D eigenvalue weighted by Gasteiger charge is -2.07. The molecule has 0 saturated carbocycles. The number of rotatable bonds is 5. The summed E-state index contributed by atoms with van der Waals surface area (Å²) >= 11 is 11.8. The van der Waals surface area contributed by atoms with Crippen molar-refractivity contribution in [2.45, 2.75) is 6.61 Å². The van der Waals surface area contributed by atoms with E-state index in [0.717, 1.165) is 16.9 Å². The van der Waals surface area contributed by atoms with E-state index in [1.807, 2.05) is 30.3 Å². The molecule has 2 rings (SSSR count). The summed E-state index contributed by atoms with van der Waals surface area (Å²) in [6, 6.07) is 12.7. The van der Waals surface area contributed by atoms with Crippen LogP contribution in [0.25, 0.3) is 6.08 Å². The van der Waals surface area contributed by atoms with Gasteiger partial charge < -0.3 is 10.5 Å². The van der Waals surface area contributed by atoms with Crippen LogP contribution < -0.4 is 10.5 Å². The van der Waals surface area contributed by atoms with E-state index < -0.39 is 5.91 Å². The first-order valence-corrected chi connectivity index (χ1v) is 6.94. The zero-order chi connectivity index (χ0) is 15.2. The van der Waals surface area contributed by atoms with E-state index in [4.69, 9.17) is 33.7 Å². The van der Waals surface area contributed by atoms with Gasteiger partial charge in [0, 0.05) is 6.08 Å². The Morgan fingerprint density at radius 3 is 2.43 bits per heavy atom. The van der Waals surface area contributed by atoms with Crippen molar-refractivity contribution >= 4 is 35.2 Å². The summed E-state index contributed by atoms with van der Waals surface area (Å²) in [5.41, 5.74) is 6.84. The number of ether oxygens (including phenoxy) is 1. The van der Waals surface area contributed by atoms with Crippen molar-refractivity contribution in [1.82, 2.24) is 0 Å². The van der Waals surface area contributed by atoms with Crippen LogP contribution in [-0.4, -0.2) is 5.91 Å². The summed E-state index contributed by atoms with van der Waals surface area (Å²) in [6.07, 6.45) is 2.96. The van der Waals surface area contributed by atoms with Crippen LogP contribution in [0.4, 0.5) is 0 Å². The lowest BCUT2D eigenvalue weighted by molar-refractivity contribution is -0.113. The third-order valence-corrected chi connectivity index (χ3v) is 3.45. The quantitative estimate of drug-likeness (QED) is 0.844. The van der Waals surface area contributed by atoms with Crippen LogP contribution in [0, 0.1) is 0 Å². The molecule has 0 bridgehead atoms. The van der Waals surface area contributed by atoms with Gasteiger partial charge in [-0.1, -0.05) is 41.4 Å². The summed E-state index contributed by atoms with van der Waals surface area (Å²) in [6.45, 7) is 0.396. The van der Waals surface area contributed by atoms with Crippen molar-refractivity contribution in [3.05, 3.63) is 69.7 Å². The number of benzene rings is 2. The van der Waals surface area contributed by atoms with E-state index in [-0.39, 0.29) is 0 Å². The third-order valence-electron chi connectivity index (χ3n) is 2.71. The molecule has 0 heterocycles. The van der Waals surface area contributed by atoms with Gasteiger partial charge in [-0.3, -0.25) is 4.79 Å². The minimum absolute atomic E-state index is 0.396. The van der Waals surface area contributed by atoms with E-state index in [1.165, 1.54) is 6.08 Å². The highest BCUT2D eigenvalue weighted by molar-refractivity contribution is 6.42. The molecule has 0 radical (unpaired) electrons. The SMILES string of the molecule is NC(=O)C=Cc1ccc(OCc2ccc(Cl)c(Cl)c2)cc1. The lowest BCUT2D eigenvalue weighted by Crippen LogP contribution is -2.05. The van der Waals surface area contributed by atoms with E-state index >= 15 is 0 Å². The number of amides is 1. The Morgan fingerprint density at radius 2 is 1.81 bits per heavy atom. The molecule has 0 aromatic heterocycles. The Labute approximate surface area is 132 Å². The highest BCUT2D eigenvalue weighted by atomic mass is 35.5. The van der Waals surface area contributed by atoms with Gasteiger partial charge in [-0.2, -0.15) is 0 Å². The number of carbonyl (C=O) groups is 1. The van der Waals surface area contributed by atoms with Gasteiger partial charge in [0.15, 0.2) is 0 Å². The molecule has 1 amide bonds. The second-order valence-corrected chi connectivity index (χ2v) is 5.16. The number of halogens is 2. The van der Waals surface area contributed by atoms with E-state index in [9.17, 15) is 4.79 Å². The van der Waals surface area contributed by atoms with Gasteiger partial charge in [0.25, 0.3) is 0 Å². The van der Waals surface area contributed by atoms with Crippen LogP contribution in [0.3, 0.4) is 0 Å². The van der Waals surface area contributed by atoms with Gasteiger partial charge >= 0.3 is 0 Å². The molecule has 0 spiro atoms. The van der Waals surface area contributed by atoms with Gasteiger partial charge in [-0.15, -0.1) is 0 Å². The first-order valence-electron chi connectivity index (χ1n) is 6.19. The zero-order valence-electron chi connectivity index (χ0n) is 11.1. The molecule has 0 unspecified atom stereocenters. The van der Waals surface area contributed by atoms with Crippen LogP contribution in [0.5, 0.6) is 5.75 Å². The smallest absolute Gasteiger partial charge is 0.241 e. The topological polar surface area (TPSA) is 52.3 Å². The molecule has 21 heavy (non-hydrogen) atoms. The molecule has 108 valence electrons. The van der Waals surface area contributed by atoms with Crippen molar-refractivity contribution in [3.63, 3.8) is 0 Å². The fraction of sp³-hybridized carbons (Fsp3) is 0.0625. The maximum Gasteiger partial charge on any atom is 0.241 e. The Kier molecular flexibility index (Phi) is 5.26. The second kappa shape index (κ2) is 7.16. The Balaban J connectivity index is 1.97. The number of primary amides is 1. The molecule has 2 aromatic rings. The van der Waals surface area contributed by atoms with E-state index in [1.54, 1.807) is 18.2 Å².